The van der Waals surface area contributed by atoms with Crippen LogP contribution in [0.15, 0.2) is 55.0 Å². The molecule has 0 saturated heterocycles. The number of pyridine rings is 2. The Hall–Kier alpha value is -2.66. The fourth-order valence-electron chi connectivity index (χ4n) is 2.09. The first-order chi connectivity index (χ1) is 11.1. The SMILES string of the molecule is Nc1ncc(-c2ccncc2)cc1OCc1c(F)cccc1Cl. The van der Waals surface area contributed by atoms with Crippen LogP contribution in [0.4, 0.5) is 10.2 Å². The molecule has 0 aliphatic rings. The molecule has 0 aliphatic carbocycles. The molecule has 0 atom stereocenters. The first-order valence-electron chi connectivity index (χ1n) is 6.87. The number of anilines is 1. The standard InChI is InChI=1S/C17H13ClFN3O/c18-14-2-1-3-15(19)13(14)10-23-16-8-12(9-22-17(16)20)11-4-6-21-7-5-11/h1-9H,10H2,(H2,20,22). The highest BCUT2D eigenvalue weighted by Gasteiger charge is 2.10. The summed E-state index contributed by atoms with van der Waals surface area (Å²) in [6, 6.07) is 9.95. The van der Waals surface area contributed by atoms with Crippen molar-refractivity contribution in [3.05, 3.63) is 71.4 Å². The minimum absolute atomic E-state index is 0.0306. The fourth-order valence-corrected chi connectivity index (χ4v) is 2.31. The molecule has 2 N–H and O–H groups in total. The number of nitrogens with zero attached hydrogens (tertiary/aromatic N) is 2. The third kappa shape index (κ3) is 3.40. The predicted octanol–water partition coefficient (Wildman–Crippen LogP) is 4.10. The summed E-state index contributed by atoms with van der Waals surface area (Å²) in [4.78, 5) is 8.09. The highest BCUT2D eigenvalue weighted by atomic mass is 35.5. The van der Waals surface area contributed by atoms with Gasteiger partial charge in [0.1, 0.15) is 12.4 Å². The van der Waals surface area contributed by atoms with E-state index in [9.17, 15) is 4.39 Å². The maximum Gasteiger partial charge on any atom is 0.166 e. The molecule has 0 amide bonds. The molecular formula is C17H13ClFN3O. The Balaban J connectivity index is 1.86. The quantitative estimate of drug-likeness (QED) is 0.783. The van der Waals surface area contributed by atoms with Gasteiger partial charge in [0.05, 0.1) is 5.02 Å². The number of hydrogen-bond donors (Lipinski definition) is 1. The zero-order valence-electron chi connectivity index (χ0n) is 12.0. The average molecular weight is 330 g/mol. The van der Waals surface area contributed by atoms with E-state index in [-0.39, 0.29) is 18.0 Å². The molecular weight excluding hydrogens is 317 g/mol. The van der Waals surface area contributed by atoms with Gasteiger partial charge >= 0.3 is 0 Å². The van der Waals surface area contributed by atoms with Gasteiger partial charge in [-0.25, -0.2) is 9.37 Å². The van der Waals surface area contributed by atoms with E-state index < -0.39 is 5.82 Å². The second kappa shape index (κ2) is 6.62. The monoisotopic (exact) mass is 329 g/mol. The Morgan fingerprint density at radius 2 is 1.91 bits per heavy atom. The van der Waals surface area contributed by atoms with Crippen molar-refractivity contribution in [1.29, 1.82) is 0 Å². The Morgan fingerprint density at radius 1 is 1.13 bits per heavy atom. The first kappa shape index (κ1) is 15.2. The van der Waals surface area contributed by atoms with Crippen LogP contribution in [-0.4, -0.2) is 9.97 Å². The fraction of sp³-hybridized carbons (Fsp3) is 0.0588. The van der Waals surface area contributed by atoms with Crippen molar-refractivity contribution in [3.8, 4) is 16.9 Å². The molecule has 0 aliphatic heterocycles. The van der Waals surface area contributed by atoms with Crippen molar-refractivity contribution in [3.63, 3.8) is 0 Å². The van der Waals surface area contributed by atoms with E-state index >= 15 is 0 Å². The minimum Gasteiger partial charge on any atom is -0.485 e. The molecule has 3 rings (SSSR count). The van der Waals surface area contributed by atoms with Crippen molar-refractivity contribution in [1.82, 2.24) is 9.97 Å². The van der Waals surface area contributed by atoms with Crippen LogP contribution in [0, 0.1) is 5.82 Å². The van der Waals surface area contributed by atoms with Crippen LogP contribution < -0.4 is 10.5 Å². The van der Waals surface area contributed by atoms with Gasteiger partial charge in [-0.05, 0) is 35.9 Å². The lowest BCUT2D eigenvalue weighted by Crippen LogP contribution is -2.03. The molecule has 3 aromatic rings. The third-order valence-electron chi connectivity index (χ3n) is 3.33. The number of halogens is 2. The van der Waals surface area contributed by atoms with Crippen LogP contribution in [0.5, 0.6) is 5.75 Å². The van der Waals surface area contributed by atoms with Gasteiger partial charge in [-0.1, -0.05) is 17.7 Å². The van der Waals surface area contributed by atoms with E-state index in [4.69, 9.17) is 22.1 Å². The number of rotatable bonds is 4. The highest BCUT2D eigenvalue weighted by molar-refractivity contribution is 6.31. The van der Waals surface area contributed by atoms with Crippen LogP contribution in [-0.2, 0) is 6.61 Å². The minimum atomic E-state index is -0.422. The van der Waals surface area contributed by atoms with Gasteiger partial charge in [0.15, 0.2) is 11.6 Å². The Morgan fingerprint density at radius 3 is 2.65 bits per heavy atom. The Labute approximate surface area is 137 Å². The summed E-state index contributed by atoms with van der Waals surface area (Å²) >= 11 is 5.99. The second-order valence-electron chi connectivity index (χ2n) is 4.83. The van der Waals surface area contributed by atoms with E-state index in [0.717, 1.165) is 11.1 Å². The maximum absolute atomic E-state index is 13.8. The molecule has 23 heavy (non-hydrogen) atoms. The van der Waals surface area contributed by atoms with E-state index in [1.165, 1.54) is 6.07 Å². The molecule has 0 spiro atoms. The van der Waals surface area contributed by atoms with Crippen molar-refractivity contribution >= 4 is 17.4 Å². The number of ether oxygens (including phenoxy) is 1. The lowest BCUT2D eigenvalue weighted by atomic mass is 10.1. The van der Waals surface area contributed by atoms with Gasteiger partial charge in [0, 0.05) is 29.7 Å². The van der Waals surface area contributed by atoms with E-state index in [1.54, 1.807) is 36.8 Å². The average Bonchev–Trinajstić information content (AvgIpc) is 2.57. The zero-order chi connectivity index (χ0) is 16.2. The van der Waals surface area contributed by atoms with Gasteiger partial charge in [-0.15, -0.1) is 0 Å². The third-order valence-corrected chi connectivity index (χ3v) is 3.68. The molecule has 0 fully saturated rings. The lowest BCUT2D eigenvalue weighted by Gasteiger charge is -2.11. The van der Waals surface area contributed by atoms with Crippen LogP contribution in [0.3, 0.4) is 0 Å². The summed E-state index contributed by atoms with van der Waals surface area (Å²) in [5.74, 6) is 0.184. The number of hydrogen-bond acceptors (Lipinski definition) is 4. The normalized spacial score (nSPS) is 10.5. The van der Waals surface area contributed by atoms with Crippen molar-refractivity contribution in [2.75, 3.05) is 5.73 Å². The molecule has 0 bridgehead atoms. The number of aromatic nitrogens is 2. The summed E-state index contributed by atoms with van der Waals surface area (Å²) in [6.45, 7) is -0.0306. The van der Waals surface area contributed by atoms with Gasteiger partial charge in [0.25, 0.3) is 0 Å². The Kier molecular flexibility index (Phi) is 4.39. The first-order valence-corrected chi connectivity index (χ1v) is 7.24. The molecule has 6 heteroatoms. The summed E-state index contributed by atoms with van der Waals surface area (Å²) in [5.41, 5.74) is 7.87. The second-order valence-corrected chi connectivity index (χ2v) is 5.24. The van der Waals surface area contributed by atoms with Crippen molar-refractivity contribution in [2.24, 2.45) is 0 Å². The smallest absolute Gasteiger partial charge is 0.166 e. The molecule has 116 valence electrons. The summed E-state index contributed by atoms with van der Waals surface area (Å²) < 4.78 is 19.4. The van der Waals surface area contributed by atoms with E-state index in [0.29, 0.717) is 10.8 Å². The van der Waals surface area contributed by atoms with E-state index in [2.05, 4.69) is 9.97 Å². The lowest BCUT2D eigenvalue weighted by molar-refractivity contribution is 0.301. The van der Waals surface area contributed by atoms with Gasteiger partial charge in [-0.3, -0.25) is 4.98 Å². The summed E-state index contributed by atoms with van der Waals surface area (Å²) in [7, 11) is 0. The Bertz CT molecular complexity index is 807. The van der Waals surface area contributed by atoms with Gasteiger partial charge < -0.3 is 10.5 Å². The van der Waals surface area contributed by atoms with Crippen molar-refractivity contribution in [2.45, 2.75) is 6.61 Å². The zero-order valence-corrected chi connectivity index (χ0v) is 12.8. The summed E-state index contributed by atoms with van der Waals surface area (Å²) in [5, 5.41) is 0.307. The molecule has 1 aromatic carbocycles. The predicted molar refractivity (Wildman–Crippen MR) is 87.6 cm³/mol. The van der Waals surface area contributed by atoms with Crippen molar-refractivity contribution < 1.29 is 9.13 Å². The molecule has 4 nitrogen and oxygen atoms in total. The molecule has 2 aromatic heterocycles. The molecule has 0 unspecified atom stereocenters. The van der Waals surface area contributed by atoms with Crippen LogP contribution >= 0.6 is 11.6 Å². The van der Waals surface area contributed by atoms with E-state index in [1.807, 2.05) is 12.1 Å². The topological polar surface area (TPSA) is 61.0 Å². The molecule has 0 saturated carbocycles. The maximum atomic E-state index is 13.8. The van der Waals surface area contributed by atoms with Gasteiger partial charge in [0.2, 0.25) is 0 Å². The van der Waals surface area contributed by atoms with Crippen LogP contribution in [0.2, 0.25) is 5.02 Å². The number of nitrogen functional groups attached to an aromatic ring is 1. The summed E-state index contributed by atoms with van der Waals surface area (Å²) in [6.07, 6.45) is 5.02. The largest absolute Gasteiger partial charge is 0.485 e. The number of benzene rings is 1. The molecule has 0 radical (unpaired) electrons. The highest BCUT2D eigenvalue weighted by Crippen LogP contribution is 2.28. The van der Waals surface area contributed by atoms with Crippen LogP contribution in [0.25, 0.3) is 11.1 Å². The molecule has 2 heterocycles. The number of nitrogens with two attached hydrogens (primary N) is 1. The van der Waals surface area contributed by atoms with Gasteiger partial charge in [-0.2, -0.15) is 0 Å². The van der Waals surface area contributed by atoms with Crippen LogP contribution in [0.1, 0.15) is 5.56 Å².